The van der Waals surface area contributed by atoms with Crippen LogP contribution in [0.5, 0.6) is 0 Å². The van der Waals surface area contributed by atoms with Gasteiger partial charge in [-0.15, -0.1) is 11.3 Å². The molecule has 0 radical (unpaired) electrons. The number of nitrogen functional groups attached to an aromatic ring is 1. The summed E-state index contributed by atoms with van der Waals surface area (Å²) in [6.07, 6.45) is 0. The predicted molar refractivity (Wildman–Crippen MR) is 55.4 cm³/mol. The molecule has 0 spiro atoms. The largest absolute Gasteiger partial charge is 0.462 e. The average Bonchev–Trinajstić information content (AvgIpc) is 2.48. The van der Waals surface area contributed by atoms with Crippen molar-refractivity contribution < 1.29 is 14.3 Å². The minimum absolute atomic E-state index is 0.348. The minimum Gasteiger partial charge on any atom is -0.462 e. The maximum atomic E-state index is 11.5. The maximum Gasteiger partial charge on any atom is 0.341 e. The summed E-state index contributed by atoms with van der Waals surface area (Å²) in [6.45, 7) is 2.48. The van der Waals surface area contributed by atoms with E-state index in [9.17, 15) is 4.79 Å². The highest BCUT2D eigenvalue weighted by molar-refractivity contribution is 7.14. The molecule has 0 saturated heterocycles. The second kappa shape index (κ2) is 4.97. The first kappa shape index (κ1) is 11.0. The molecule has 14 heavy (non-hydrogen) atoms. The summed E-state index contributed by atoms with van der Waals surface area (Å²) < 4.78 is 9.84. The Morgan fingerprint density at radius 3 is 2.93 bits per heavy atom. The lowest BCUT2D eigenvalue weighted by Gasteiger charge is -2.03. The van der Waals surface area contributed by atoms with Crippen LogP contribution in [0, 0.1) is 0 Å². The zero-order valence-corrected chi connectivity index (χ0v) is 9.02. The average molecular weight is 215 g/mol. The molecule has 1 rings (SSSR count). The Kier molecular flexibility index (Phi) is 3.91. The van der Waals surface area contributed by atoms with Crippen molar-refractivity contribution in [3.05, 3.63) is 16.5 Å². The van der Waals surface area contributed by atoms with Crippen LogP contribution in [0.3, 0.4) is 0 Å². The third kappa shape index (κ3) is 2.24. The van der Waals surface area contributed by atoms with Crippen LogP contribution in [0.15, 0.2) is 5.38 Å². The van der Waals surface area contributed by atoms with Crippen LogP contribution < -0.4 is 5.73 Å². The van der Waals surface area contributed by atoms with Crippen molar-refractivity contribution in [2.45, 2.75) is 13.5 Å². The number of nitrogens with two attached hydrogens (primary N) is 1. The first-order valence-corrected chi connectivity index (χ1v) is 5.10. The number of hydrogen-bond donors (Lipinski definition) is 1. The quantitative estimate of drug-likeness (QED) is 0.776. The summed E-state index contributed by atoms with van der Waals surface area (Å²) in [4.78, 5) is 11.5. The molecule has 0 aromatic carbocycles. The fourth-order valence-corrected chi connectivity index (χ4v) is 1.89. The molecule has 1 heterocycles. The summed E-state index contributed by atoms with van der Waals surface area (Å²) in [5.41, 5.74) is 6.89. The van der Waals surface area contributed by atoms with E-state index in [2.05, 4.69) is 0 Å². The Balaban J connectivity index is 2.92. The van der Waals surface area contributed by atoms with Gasteiger partial charge in [0.05, 0.1) is 18.8 Å². The van der Waals surface area contributed by atoms with E-state index in [0.29, 0.717) is 23.8 Å². The van der Waals surface area contributed by atoms with Gasteiger partial charge in [0.25, 0.3) is 0 Å². The molecule has 5 heteroatoms. The van der Waals surface area contributed by atoms with E-state index in [1.807, 2.05) is 5.38 Å². The van der Waals surface area contributed by atoms with E-state index in [1.54, 1.807) is 14.0 Å². The monoisotopic (exact) mass is 215 g/mol. The molecule has 0 bridgehead atoms. The third-order valence-corrected chi connectivity index (χ3v) is 2.54. The molecule has 4 nitrogen and oxygen atoms in total. The molecular formula is C9H13NO3S. The standard InChI is InChI=1S/C9H13NO3S/c1-3-13-9(11)7-6(4-12-2)5-14-8(7)10/h5H,3-4,10H2,1-2H3. The molecule has 1 aromatic heterocycles. The van der Waals surface area contributed by atoms with E-state index in [1.165, 1.54) is 11.3 Å². The smallest absolute Gasteiger partial charge is 0.341 e. The summed E-state index contributed by atoms with van der Waals surface area (Å²) in [7, 11) is 1.57. The van der Waals surface area contributed by atoms with Crippen LogP contribution in [-0.4, -0.2) is 19.7 Å². The van der Waals surface area contributed by atoms with Gasteiger partial charge in [-0.05, 0) is 12.3 Å². The van der Waals surface area contributed by atoms with Crippen molar-refractivity contribution >= 4 is 22.3 Å². The van der Waals surface area contributed by atoms with E-state index in [0.717, 1.165) is 5.56 Å². The van der Waals surface area contributed by atoms with Crippen LogP contribution in [0.2, 0.25) is 0 Å². The second-order valence-electron chi connectivity index (χ2n) is 2.65. The number of ether oxygens (including phenoxy) is 2. The fraction of sp³-hybridized carbons (Fsp3) is 0.444. The van der Waals surface area contributed by atoms with Crippen molar-refractivity contribution in [2.75, 3.05) is 19.5 Å². The number of anilines is 1. The summed E-state index contributed by atoms with van der Waals surface area (Å²) in [6, 6.07) is 0. The van der Waals surface area contributed by atoms with Crippen molar-refractivity contribution in [1.82, 2.24) is 0 Å². The Morgan fingerprint density at radius 2 is 2.36 bits per heavy atom. The van der Waals surface area contributed by atoms with Gasteiger partial charge in [-0.3, -0.25) is 0 Å². The fourth-order valence-electron chi connectivity index (χ4n) is 1.11. The lowest BCUT2D eigenvalue weighted by Crippen LogP contribution is -2.08. The highest BCUT2D eigenvalue weighted by Gasteiger charge is 2.17. The highest BCUT2D eigenvalue weighted by Crippen LogP contribution is 2.26. The Hall–Kier alpha value is -1.07. The van der Waals surface area contributed by atoms with Crippen molar-refractivity contribution in [1.29, 1.82) is 0 Å². The normalized spacial score (nSPS) is 10.1. The number of rotatable bonds is 4. The lowest BCUT2D eigenvalue weighted by molar-refractivity contribution is 0.0523. The van der Waals surface area contributed by atoms with Crippen LogP contribution in [0.25, 0.3) is 0 Å². The van der Waals surface area contributed by atoms with Gasteiger partial charge in [0.2, 0.25) is 0 Å². The number of hydrogen-bond acceptors (Lipinski definition) is 5. The molecule has 0 fully saturated rings. The molecule has 2 N–H and O–H groups in total. The van der Waals surface area contributed by atoms with Crippen molar-refractivity contribution in [3.63, 3.8) is 0 Å². The van der Waals surface area contributed by atoms with Gasteiger partial charge in [0, 0.05) is 12.7 Å². The zero-order chi connectivity index (χ0) is 10.6. The molecule has 78 valence electrons. The lowest BCUT2D eigenvalue weighted by atomic mass is 10.2. The predicted octanol–water partition coefficient (Wildman–Crippen LogP) is 1.65. The minimum atomic E-state index is -0.377. The Labute approximate surface area is 86.6 Å². The van der Waals surface area contributed by atoms with E-state index in [4.69, 9.17) is 15.2 Å². The molecule has 1 aromatic rings. The molecular weight excluding hydrogens is 202 g/mol. The zero-order valence-electron chi connectivity index (χ0n) is 8.20. The molecule has 0 atom stereocenters. The van der Waals surface area contributed by atoms with E-state index >= 15 is 0 Å². The Morgan fingerprint density at radius 1 is 1.64 bits per heavy atom. The number of carbonyl (C=O) groups excluding carboxylic acids is 1. The van der Waals surface area contributed by atoms with Gasteiger partial charge in [0.1, 0.15) is 5.00 Å². The van der Waals surface area contributed by atoms with Crippen LogP contribution in [-0.2, 0) is 16.1 Å². The van der Waals surface area contributed by atoms with Crippen molar-refractivity contribution in [2.24, 2.45) is 0 Å². The highest BCUT2D eigenvalue weighted by atomic mass is 32.1. The maximum absolute atomic E-state index is 11.5. The van der Waals surface area contributed by atoms with Gasteiger partial charge in [-0.2, -0.15) is 0 Å². The number of carbonyl (C=O) groups is 1. The van der Waals surface area contributed by atoms with Crippen LogP contribution in [0.4, 0.5) is 5.00 Å². The summed E-state index contributed by atoms with van der Waals surface area (Å²) >= 11 is 1.32. The number of methoxy groups -OCH3 is 1. The van der Waals surface area contributed by atoms with E-state index < -0.39 is 0 Å². The summed E-state index contributed by atoms with van der Waals surface area (Å²) in [5.74, 6) is -0.377. The second-order valence-corrected chi connectivity index (χ2v) is 3.56. The van der Waals surface area contributed by atoms with Crippen molar-refractivity contribution in [3.8, 4) is 0 Å². The number of esters is 1. The van der Waals surface area contributed by atoms with Crippen LogP contribution >= 0.6 is 11.3 Å². The van der Waals surface area contributed by atoms with Gasteiger partial charge < -0.3 is 15.2 Å². The first-order valence-electron chi connectivity index (χ1n) is 4.22. The van der Waals surface area contributed by atoms with Gasteiger partial charge in [-0.25, -0.2) is 4.79 Å². The third-order valence-electron chi connectivity index (χ3n) is 1.68. The molecule has 0 saturated carbocycles. The van der Waals surface area contributed by atoms with Gasteiger partial charge in [0.15, 0.2) is 0 Å². The molecule has 0 unspecified atom stereocenters. The molecule has 0 aliphatic rings. The van der Waals surface area contributed by atoms with E-state index in [-0.39, 0.29) is 5.97 Å². The first-order chi connectivity index (χ1) is 6.70. The molecule has 0 aliphatic carbocycles. The van der Waals surface area contributed by atoms with Crippen LogP contribution in [0.1, 0.15) is 22.8 Å². The van der Waals surface area contributed by atoms with Gasteiger partial charge >= 0.3 is 5.97 Å². The van der Waals surface area contributed by atoms with Gasteiger partial charge in [-0.1, -0.05) is 0 Å². The SMILES string of the molecule is CCOC(=O)c1c(COC)csc1N. The molecule has 0 amide bonds. The Bertz CT molecular complexity index is 322. The molecule has 0 aliphatic heterocycles. The number of thiophene rings is 1. The summed E-state index contributed by atoms with van der Waals surface area (Å²) in [5, 5.41) is 2.29. The topological polar surface area (TPSA) is 61.5 Å².